The van der Waals surface area contributed by atoms with Gasteiger partial charge in [-0.25, -0.2) is 0 Å². The number of para-hydroxylation sites is 2. The summed E-state index contributed by atoms with van der Waals surface area (Å²) in [5, 5.41) is 3.07. The Bertz CT molecular complexity index is 501. The van der Waals surface area contributed by atoms with Gasteiger partial charge in [0, 0.05) is 6.61 Å². The van der Waals surface area contributed by atoms with Crippen LogP contribution in [0.5, 0.6) is 11.5 Å². The predicted molar refractivity (Wildman–Crippen MR) is 79.8 cm³/mol. The van der Waals surface area contributed by atoms with Crippen LogP contribution in [0.2, 0.25) is 0 Å². The molecule has 114 valence electrons. The van der Waals surface area contributed by atoms with Crippen molar-refractivity contribution in [3.8, 4) is 11.5 Å². The number of guanidine groups is 1. The van der Waals surface area contributed by atoms with E-state index < -0.39 is 0 Å². The number of benzene rings is 1. The first-order valence-corrected chi connectivity index (χ1v) is 7.35. The third kappa shape index (κ3) is 3.78. The second-order valence-electron chi connectivity index (χ2n) is 5.24. The zero-order chi connectivity index (χ0) is 14.5. The molecule has 2 atom stereocenters. The van der Waals surface area contributed by atoms with E-state index in [4.69, 9.17) is 19.9 Å². The summed E-state index contributed by atoms with van der Waals surface area (Å²) in [6.07, 6.45) is 2.32. The summed E-state index contributed by atoms with van der Waals surface area (Å²) in [4.78, 5) is 4.30. The fourth-order valence-electron chi connectivity index (χ4n) is 2.43. The van der Waals surface area contributed by atoms with Crippen LogP contribution in [-0.2, 0) is 4.74 Å². The van der Waals surface area contributed by atoms with E-state index in [1.54, 1.807) is 0 Å². The van der Waals surface area contributed by atoms with Gasteiger partial charge in [-0.2, -0.15) is 0 Å². The van der Waals surface area contributed by atoms with Crippen LogP contribution in [0.15, 0.2) is 29.3 Å². The van der Waals surface area contributed by atoms with Crippen molar-refractivity contribution in [1.29, 1.82) is 0 Å². The number of hydrogen-bond donors (Lipinski definition) is 2. The summed E-state index contributed by atoms with van der Waals surface area (Å²) >= 11 is 0. The predicted octanol–water partition coefficient (Wildman–Crippen LogP) is 0.910. The van der Waals surface area contributed by atoms with Gasteiger partial charge in [0.1, 0.15) is 12.7 Å². The topological polar surface area (TPSA) is 78.1 Å². The molecule has 1 saturated heterocycles. The van der Waals surface area contributed by atoms with Crippen molar-refractivity contribution in [1.82, 2.24) is 5.32 Å². The Kier molecular flexibility index (Phi) is 4.45. The van der Waals surface area contributed by atoms with Crippen molar-refractivity contribution in [3.05, 3.63) is 24.3 Å². The van der Waals surface area contributed by atoms with Gasteiger partial charge in [-0.05, 0) is 25.0 Å². The quantitative estimate of drug-likeness (QED) is 0.637. The summed E-state index contributed by atoms with van der Waals surface area (Å²) in [6.45, 7) is 2.52. The van der Waals surface area contributed by atoms with Crippen LogP contribution < -0.4 is 20.5 Å². The van der Waals surface area contributed by atoms with E-state index in [-0.39, 0.29) is 12.2 Å². The van der Waals surface area contributed by atoms with Gasteiger partial charge in [0.15, 0.2) is 17.5 Å². The molecule has 3 N–H and O–H groups in total. The normalized spacial score (nSPS) is 24.9. The van der Waals surface area contributed by atoms with Crippen molar-refractivity contribution in [2.75, 3.05) is 26.3 Å². The summed E-state index contributed by atoms with van der Waals surface area (Å²) in [5.41, 5.74) is 5.85. The molecule has 6 heteroatoms. The summed E-state index contributed by atoms with van der Waals surface area (Å²) in [7, 11) is 0. The van der Waals surface area contributed by atoms with Crippen molar-refractivity contribution in [2.45, 2.75) is 25.0 Å². The van der Waals surface area contributed by atoms with Gasteiger partial charge in [-0.1, -0.05) is 12.1 Å². The van der Waals surface area contributed by atoms with E-state index in [0.29, 0.717) is 25.7 Å². The lowest BCUT2D eigenvalue weighted by Gasteiger charge is -2.26. The minimum Gasteiger partial charge on any atom is -0.486 e. The van der Waals surface area contributed by atoms with Crippen LogP contribution in [0, 0.1) is 0 Å². The van der Waals surface area contributed by atoms with Gasteiger partial charge in [0.05, 0.1) is 19.2 Å². The highest BCUT2D eigenvalue weighted by molar-refractivity contribution is 5.77. The SMILES string of the molecule is NC(=NC[C@H]1CCCO1)NC[C@H]1COc2ccccc2O1. The largest absolute Gasteiger partial charge is 0.486 e. The third-order valence-corrected chi connectivity index (χ3v) is 3.57. The van der Waals surface area contributed by atoms with Crippen LogP contribution in [0.25, 0.3) is 0 Å². The Labute approximate surface area is 124 Å². The molecule has 6 nitrogen and oxygen atoms in total. The average Bonchev–Trinajstić information content (AvgIpc) is 3.04. The molecule has 2 aliphatic rings. The zero-order valence-electron chi connectivity index (χ0n) is 12.0. The van der Waals surface area contributed by atoms with Crippen LogP contribution in [0.3, 0.4) is 0 Å². The van der Waals surface area contributed by atoms with Gasteiger partial charge in [-0.15, -0.1) is 0 Å². The molecular formula is C15H21N3O3. The van der Waals surface area contributed by atoms with Crippen molar-refractivity contribution in [3.63, 3.8) is 0 Å². The fourth-order valence-corrected chi connectivity index (χ4v) is 2.43. The van der Waals surface area contributed by atoms with Crippen molar-refractivity contribution in [2.24, 2.45) is 10.7 Å². The minimum absolute atomic E-state index is 0.0728. The van der Waals surface area contributed by atoms with Crippen molar-refractivity contribution < 1.29 is 14.2 Å². The highest BCUT2D eigenvalue weighted by atomic mass is 16.6. The molecule has 2 heterocycles. The van der Waals surface area contributed by atoms with Gasteiger partial charge < -0.3 is 25.3 Å². The number of nitrogens with zero attached hydrogens (tertiary/aromatic N) is 1. The molecule has 0 saturated carbocycles. The number of aliphatic imine (C=N–C) groups is 1. The molecular weight excluding hydrogens is 270 g/mol. The number of hydrogen-bond acceptors (Lipinski definition) is 4. The van der Waals surface area contributed by atoms with Crippen LogP contribution in [-0.4, -0.2) is 44.5 Å². The second-order valence-corrected chi connectivity index (χ2v) is 5.24. The van der Waals surface area contributed by atoms with E-state index in [1.807, 2.05) is 24.3 Å². The van der Waals surface area contributed by atoms with Gasteiger partial charge in [0.25, 0.3) is 0 Å². The van der Waals surface area contributed by atoms with E-state index >= 15 is 0 Å². The Hall–Kier alpha value is -1.95. The Morgan fingerprint density at radius 2 is 2.14 bits per heavy atom. The second kappa shape index (κ2) is 6.67. The molecule has 0 aliphatic carbocycles. The fraction of sp³-hybridized carbons (Fsp3) is 0.533. The first-order chi connectivity index (χ1) is 10.3. The number of fused-ring (bicyclic) bond motifs is 1. The molecule has 0 unspecified atom stereocenters. The molecule has 2 aliphatic heterocycles. The smallest absolute Gasteiger partial charge is 0.188 e. The molecule has 0 bridgehead atoms. The lowest BCUT2D eigenvalue weighted by Crippen LogP contribution is -2.43. The van der Waals surface area contributed by atoms with Crippen LogP contribution >= 0.6 is 0 Å². The van der Waals surface area contributed by atoms with E-state index in [0.717, 1.165) is 30.9 Å². The Morgan fingerprint density at radius 3 is 2.95 bits per heavy atom. The molecule has 0 spiro atoms. The third-order valence-electron chi connectivity index (χ3n) is 3.57. The number of nitrogens with one attached hydrogen (secondary N) is 1. The molecule has 1 aromatic rings. The molecule has 0 radical (unpaired) electrons. The van der Waals surface area contributed by atoms with E-state index in [1.165, 1.54) is 0 Å². The van der Waals surface area contributed by atoms with Crippen LogP contribution in [0.4, 0.5) is 0 Å². The first-order valence-electron chi connectivity index (χ1n) is 7.35. The first kappa shape index (κ1) is 14.0. The van der Waals surface area contributed by atoms with Crippen LogP contribution in [0.1, 0.15) is 12.8 Å². The summed E-state index contributed by atoms with van der Waals surface area (Å²) < 4.78 is 17.0. The summed E-state index contributed by atoms with van der Waals surface area (Å²) in [5.74, 6) is 1.98. The summed E-state index contributed by atoms with van der Waals surface area (Å²) in [6, 6.07) is 7.65. The highest BCUT2D eigenvalue weighted by Crippen LogP contribution is 2.30. The Morgan fingerprint density at radius 1 is 1.29 bits per heavy atom. The van der Waals surface area contributed by atoms with E-state index in [2.05, 4.69) is 10.3 Å². The minimum atomic E-state index is -0.0728. The molecule has 1 aromatic carbocycles. The average molecular weight is 291 g/mol. The molecule has 3 rings (SSSR count). The van der Waals surface area contributed by atoms with Crippen molar-refractivity contribution >= 4 is 5.96 Å². The van der Waals surface area contributed by atoms with E-state index in [9.17, 15) is 0 Å². The number of rotatable bonds is 4. The van der Waals surface area contributed by atoms with Gasteiger partial charge in [-0.3, -0.25) is 4.99 Å². The maximum Gasteiger partial charge on any atom is 0.188 e. The monoisotopic (exact) mass is 291 g/mol. The van der Waals surface area contributed by atoms with Gasteiger partial charge in [0.2, 0.25) is 0 Å². The maximum atomic E-state index is 5.85. The highest BCUT2D eigenvalue weighted by Gasteiger charge is 2.20. The lowest BCUT2D eigenvalue weighted by atomic mass is 10.2. The maximum absolute atomic E-state index is 5.85. The zero-order valence-corrected chi connectivity index (χ0v) is 12.0. The molecule has 21 heavy (non-hydrogen) atoms. The number of ether oxygens (including phenoxy) is 3. The molecule has 0 aromatic heterocycles. The Balaban J connectivity index is 1.44. The molecule has 0 amide bonds. The molecule has 1 fully saturated rings. The number of nitrogens with two attached hydrogens (primary N) is 1. The standard InChI is InChI=1S/C15H21N3O3/c16-15(17-8-11-4-3-7-19-11)18-9-12-10-20-13-5-1-2-6-14(13)21-12/h1-2,5-6,11-12H,3-4,7-10H2,(H3,16,17,18)/t11-,12+/m1/s1. The lowest BCUT2D eigenvalue weighted by molar-refractivity contribution is 0.0936. The van der Waals surface area contributed by atoms with Gasteiger partial charge >= 0.3 is 0 Å².